The van der Waals surface area contributed by atoms with E-state index in [1.165, 1.54) is 18.5 Å². The van der Waals surface area contributed by atoms with Gasteiger partial charge in [0.1, 0.15) is 5.75 Å². The molecule has 1 aromatic heterocycles. The zero-order chi connectivity index (χ0) is 14.8. The third kappa shape index (κ3) is 2.74. The second kappa shape index (κ2) is 5.32. The molecule has 0 bridgehead atoms. The number of rotatable bonds is 3. The topological polar surface area (TPSA) is 71.9 Å². The van der Waals surface area contributed by atoms with E-state index < -0.39 is 0 Å². The normalized spacial score (nSPS) is 12.2. The lowest BCUT2D eigenvalue weighted by Gasteiger charge is -2.17. The third-order valence-electron chi connectivity index (χ3n) is 3.17. The van der Waals surface area contributed by atoms with Crippen molar-refractivity contribution in [2.24, 2.45) is 0 Å². The fourth-order valence-corrected chi connectivity index (χ4v) is 2.15. The molecule has 1 aliphatic heterocycles. The van der Waals surface area contributed by atoms with E-state index in [0.29, 0.717) is 23.6 Å². The number of carbonyl (C=O) groups is 1. The summed E-state index contributed by atoms with van der Waals surface area (Å²) in [7, 11) is 1.69. The van der Waals surface area contributed by atoms with Gasteiger partial charge in [-0.1, -0.05) is 6.07 Å². The summed E-state index contributed by atoms with van der Waals surface area (Å²) in [5.74, 6) is 1.16. The first kappa shape index (κ1) is 13.2. The highest BCUT2D eigenvalue weighted by molar-refractivity contribution is 5.94. The maximum Gasteiger partial charge on any atom is 0.255 e. The summed E-state index contributed by atoms with van der Waals surface area (Å²) >= 11 is 0. The molecule has 2 heterocycles. The van der Waals surface area contributed by atoms with Crippen LogP contribution in [0.2, 0.25) is 0 Å². The van der Waals surface area contributed by atoms with Crippen molar-refractivity contribution < 1.29 is 19.4 Å². The lowest BCUT2D eigenvalue weighted by molar-refractivity contribution is 0.0784. The first-order chi connectivity index (χ1) is 10.1. The van der Waals surface area contributed by atoms with Gasteiger partial charge in [0.25, 0.3) is 5.91 Å². The summed E-state index contributed by atoms with van der Waals surface area (Å²) < 4.78 is 10.6. The Morgan fingerprint density at radius 1 is 1.29 bits per heavy atom. The number of amides is 1. The van der Waals surface area contributed by atoms with E-state index in [0.717, 1.165) is 5.56 Å². The Morgan fingerprint density at radius 3 is 2.90 bits per heavy atom. The van der Waals surface area contributed by atoms with Gasteiger partial charge in [-0.25, -0.2) is 0 Å². The number of nitrogens with zero attached hydrogens (tertiary/aromatic N) is 2. The molecule has 1 aliphatic rings. The van der Waals surface area contributed by atoms with Crippen LogP contribution in [0.3, 0.4) is 0 Å². The molecule has 0 aliphatic carbocycles. The smallest absolute Gasteiger partial charge is 0.255 e. The molecule has 1 N–H and O–H groups in total. The summed E-state index contributed by atoms with van der Waals surface area (Å²) in [5.41, 5.74) is 1.28. The molecule has 0 radical (unpaired) electrons. The summed E-state index contributed by atoms with van der Waals surface area (Å²) in [6, 6.07) is 6.96. The average Bonchev–Trinajstić information content (AvgIpc) is 2.94. The summed E-state index contributed by atoms with van der Waals surface area (Å²) in [4.78, 5) is 17.6. The van der Waals surface area contributed by atoms with Crippen molar-refractivity contribution in [3.8, 4) is 17.2 Å². The monoisotopic (exact) mass is 286 g/mol. The Morgan fingerprint density at radius 2 is 2.10 bits per heavy atom. The van der Waals surface area contributed by atoms with Crippen molar-refractivity contribution in [3.63, 3.8) is 0 Å². The minimum Gasteiger partial charge on any atom is -0.506 e. The Hall–Kier alpha value is -2.76. The molecule has 6 heteroatoms. The highest BCUT2D eigenvalue weighted by Gasteiger charge is 2.16. The number of aromatic nitrogens is 1. The van der Waals surface area contributed by atoms with E-state index in [2.05, 4.69) is 4.98 Å². The number of fused-ring (bicyclic) bond motifs is 1. The third-order valence-corrected chi connectivity index (χ3v) is 3.17. The molecular weight excluding hydrogens is 272 g/mol. The molecule has 0 saturated heterocycles. The van der Waals surface area contributed by atoms with E-state index >= 15 is 0 Å². The van der Waals surface area contributed by atoms with E-state index in [1.807, 2.05) is 18.2 Å². The van der Waals surface area contributed by atoms with Gasteiger partial charge in [0.05, 0.1) is 11.8 Å². The second-order valence-electron chi connectivity index (χ2n) is 4.78. The van der Waals surface area contributed by atoms with Crippen LogP contribution in [0, 0.1) is 0 Å². The van der Waals surface area contributed by atoms with Gasteiger partial charge < -0.3 is 19.5 Å². The highest BCUT2D eigenvalue weighted by atomic mass is 16.7. The van der Waals surface area contributed by atoms with Crippen molar-refractivity contribution in [3.05, 3.63) is 47.8 Å². The Balaban J connectivity index is 1.74. The molecule has 2 aromatic rings. The van der Waals surface area contributed by atoms with Crippen LogP contribution < -0.4 is 9.47 Å². The fourth-order valence-electron chi connectivity index (χ4n) is 2.15. The van der Waals surface area contributed by atoms with Crippen molar-refractivity contribution in [1.82, 2.24) is 9.88 Å². The molecule has 0 fully saturated rings. The maximum atomic E-state index is 12.3. The first-order valence-corrected chi connectivity index (χ1v) is 6.41. The van der Waals surface area contributed by atoms with E-state index in [1.54, 1.807) is 11.9 Å². The SMILES string of the molecule is CN(Cc1ccc2c(c1)OCO2)C(=O)c1cncc(O)c1. The predicted molar refractivity (Wildman–Crippen MR) is 74.3 cm³/mol. The molecule has 1 aromatic carbocycles. The van der Waals surface area contributed by atoms with Crippen LogP contribution in [0.15, 0.2) is 36.7 Å². The molecular formula is C15H14N2O4. The number of carbonyl (C=O) groups excluding carboxylic acids is 1. The zero-order valence-corrected chi connectivity index (χ0v) is 11.4. The lowest BCUT2D eigenvalue weighted by atomic mass is 10.1. The zero-order valence-electron chi connectivity index (χ0n) is 11.4. The van der Waals surface area contributed by atoms with Gasteiger partial charge in [-0.05, 0) is 23.8 Å². The first-order valence-electron chi connectivity index (χ1n) is 6.41. The molecule has 21 heavy (non-hydrogen) atoms. The highest BCUT2D eigenvalue weighted by Crippen LogP contribution is 2.32. The Kier molecular flexibility index (Phi) is 3.35. The number of ether oxygens (including phenoxy) is 2. The lowest BCUT2D eigenvalue weighted by Crippen LogP contribution is -2.26. The second-order valence-corrected chi connectivity index (χ2v) is 4.78. The molecule has 3 rings (SSSR count). The molecule has 0 saturated carbocycles. The van der Waals surface area contributed by atoms with Crippen molar-refractivity contribution in [2.45, 2.75) is 6.54 Å². The van der Waals surface area contributed by atoms with E-state index in [9.17, 15) is 9.90 Å². The van der Waals surface area contributed by atoms with Gasteiger partial charge in [-0.3, -0.25) is 9.78 Å². The number of hydrogen-bond donors (Lipinski definition) is 1. The van der Waals surface area contributed by atoms with Crippen LogP contribution in [0.4, 0.5) is 0 Å². The van der Waals surface area contributed by atoms with Crippen LogP contribution in [0.25, 0.3) is 0 Å². The number of hydrogen-bond acceptors (Lipinski definition) is 5. The fraction of sp³-hybridized carbons (Fsp3) is 0.200. The number of aromatic hydroxyl groups is 1. The molecule has 6 nitrogen and oxygen atoms in total. The molecule has 108 valence electrons. The number of benzene rings is 1. The molecule has 1 amide bonds. The standard InChI is InChI=1S/C15H14N2O4/c1-17(15(19)11-5-12(18)7-16-6-11)8-10-2-3-13-14(4-10)21-9-20-13/h2-7,18H,8-9H2,1H3. The van der Waals surface area contributed by atoms with Gasteiger partial charge in [-0.2, -0.15) is 0 Å². The Bertz CT molecular complexity index is 687. The van der Waals surface area contributed by atoms with Crippen LogP contribution in [0.5, 0.6) is 17.2 Å². The summed E-state index contributed by atoms with van der Waals surface area (Å²) in [6.45, 7) is 0.646. The predicted octanol–water partition coefficient (Wildman–Crippen LogP) is 1.79. The van der Waals surface area contributed by atoms with E-state index in [4.69, 9.17) is 9.47 Å². The van der Waals surface area contributed by atoms with Gasteiger partial charge in [0.15, 0.2) is 11.5 Å². The number of pyridine rings is 1. The van der Waals surface area contributed by atoms with Crippen LogP contribution >= 0.6 is 0 Å². The largest absolute Gasteiger partial charge is 0.506 e. The molecule has 0 spiro atoms. The van der Waals surface area contributed by atoms with Gasteiger partial charge in [0.2, 0.25) is 6.79 Å². The van der Waals surface area contributed by atoms with Crippen LogP contribution in [0.1, 0.15) is 15.9 Å². The van der Waals surface area contributed by atoms with Crippen molar-refractivity contribution >= 4 is 5.91 Å². The van der Waals surface area contributed by atoms with Crippen molar-refractivity contribution in [1.29, 1.82) is 0 Å². The molecule has 0 unspecified atom stereocenters. The average molecular weight is 286 g/mol. The van der Waals surface area contributed by atoms with Gasteiger partial charge in [-0.15, -0.1) is 0 Å². The summed E-state index contributed by atoms with van der Waals surface area (Å²) in [5, 5.41) is 9.38. The summed E-state index contributed by atoms with van der Waals surface area (Å²) in [6.07, 6.45) is 2.72. The van der Waals surface area contributed by atoms with E-state index in [-0.39, 0.29) is 18.4 Å². The molecule has 0 atom stereocenters. The Labute approximate surface area is 121 Å². The van der Waals surface area contributed by atoms with Crippen LogP contribution in [-0.4, -0.2) is 34.7 Å². The quantitative estimate of drug-likeness (QED) is 0.931. The maximum absolute atomic E-state index is 12.3. The van der Waals surface area contributed by atoms with Gasteiger partial charge >= 0.3 is 0 Å². The van der Waals surface area contributed by atoms with Crippen molar-refractivity contribution in [2.75, 3.05) is 13.8 Å². The minimum atomic E-state index is -0.212. The van der Waals surface area contributed by atoms with Gasteiger partial charge in [0, 0.05) is 19.8 Å². The minimum absolute atomic E-state index is 0.0303. The van der Waals surface area contributed by atoms with Crippen LogP contribution in [-0.2, 0) is 6.54 Å².